The molecule has 0 spiro atoms. The lowest BCUT2D eigenvalue weighted by molar-refractivity contribution is -0.188. The van der Waals surface area contributed by atoms with Crippen molar-refractivity contribution in [2.75, 3.05) is 27.2 Å². The van der Waals surface area contributed by atoms with Gasteiger partial charge in [-0.15, -0.1) is 24.0 Å². The van der Waals surface area contributed by atoms with Crippen molar-refractivity contribution < 1.29 is 9.53 Å². The maximum atomic E-state index is 12.1. The second-order valence-corrected chi connectivity index (χ2v) is 9.92. The van der Waals surface area contributed by atoms with E-state index in [2.05, 4.69) is 29.5 Å². The van der Waals surface area contributed by atoms with E-state index in [9.17, 15) is 4.79 Å². The average molecular weight is 504 g/mol. The number of ether oxygens (including phenoxy) is 1. The third-order valence-electron chi connectivity index (χ3n) is 7.55. The van der Waals surface area contributed by atoms with E-state index in [4.69, 9.17) is 4.74 Å². The van der Waals surface area contributed by atoms with Gasteiger partial charge in [0, 0.05) is 44.1 Å². The molecule has 0 aromatic heterocycles. The predicted octanol–water partition coefficient (Wildman–Crippen LogP) is 2.62. The van der Waals surface area contributed by atoms with Crippen molar-refractivity contribution in [3.63, 3.8) is 0 Å². The van der Waals surface area contributed by atoms with E-state index in [-0.39, 0.29) is 41.8 Å². The third kappa shape index (κ3) is 4.16. The Morgan fingerprint density at radius 2 is 1.96 bits per heavy atom. The van der Waals surface area contributed by atoms with Gasteiger partial charge in [0.1, 0.15) is 6.54 Å². The molecule has 3 saturated carbocycles. The molecule has 1 amide bonds. The number of carbonyl (C=O) groups is 1. The summed E-state index contributed by atoms with van der Waals surface area (Å²) in [6, 6.07) is 0.855. The Labute approximate surface area is 186 Å². The fourth-order valence-corrected chi connectivity index (χ4v) is 5.98. The van der Waals surface area contributed by atoms with Crippen LogP contribution in [0.15, 0.2) is 4.99 Å². The molecule has 6 nitrogen and oxygen atoms in total. The molecule has 1 aliphatic heterocycles. The topological polar surface area (TPSA) is 66.0 Å². The summed E-state index contributed by atoms with van der Waals surface area (Å²) in [4.78, 5) is 18.4. The van der Waals surface area contributed by atoms with Gasteiger partial charge in [0.05, 0.1) is 6.10 Å². The van der Waals surface area contributed by atoms with E-state index in [0.717, 1.165) is 30.8 Å². The van der Waals surface area contributed by atoms with Gasteiger partial charge >= 0.3 is 0 Å². The molecule has 4 rings (SSSR count). The lowest BCUT2D eigenvalue weighted by atomic mass is 9.55. The molecule has 4 aliphatic rings. The second kappa shape index (κ2) is 8.66. The number of amides is 1. The van der Waals surface area contributed by atoms with Gasteiger partial charge < -0.3 is 20.3 Å². The predicted molar refractivity (Wildman–Crippen MR) is 122 cm³/mol. The number of guanidine groups is 1. The summed E-state index contributed by atoms with van der Waals surface area (Å²) in [6.45, 7) is 5.66. The Balaban J connectivity index is 0.00000225. The number of aliphatic imine (C=N–C) groups is 1. The molecular formula is C21H37IN4O2. The number of rotatable bonds is 4. The number of nitrogens with zero attached hydrogens (tertiary/aromatic N) is 2. The molecular weight excluding hydrogens is 467 g/mol. The zero-order chi connectivity index (χ0) is 19.2. The summed E-state index contributed by atoms with van der Waals surface area (Å²) in [5.74, 6) is 3.06. The lowest BCUT2D eigenvalue weighted by Crippen LogP contribution is -2.71. The molecule has 1 saturated heterocycles. The maximum Gasteiger partial charge on any atom is 0.243 e. The van der Waals surface area contributed by atoms with Gasteiger partial charge in [0.2, 0.25) is 5.91 Å². The fourth-order valence-electron chi connectivity index (χ4n) is 5.98. The normalized spacial score (nSPS) is 38.1. The largest absolute Gasteiger partial charge is 0.377 e. The van der Waals surface area contributed by atoms with Crippen LogP contribution < -0.4 is 10.6 Å². The van der Waals surface area contributed by atoms with Crippen molar-refractivity contribution in [1.29, 1.82) is 0 Å². The Hall–Kier alpha value is -0.570. The SMILES string of the molecule is CN(C)C(=O)CN=C(NC1CC2CCC1C2)NC1C2CCCOC2C1(C)C.I. The number of nitrogens with one attached hydrogen (secondary N) is 2. The van der Waals surface area contributed by atoms with Crippen molar-refractivity contribution in [3.05, 3.63) is 0 Å². The Bertz CT molecular complexity index is 609. The molecule has 0 aromatic rings. The average Bonchev–Trinajstić information content (AvgIpc) is 3.26. The van der Waals surface area contributed by atoms with Crippen LogP contribution in [0.25, 0.3) is 0 Å². The van der Waals surface area contributed by atoms with E-state index in [1.54, 1.807) is 19.0 Å². The third-order valence-corrected chi connectivity index (χ3v) is 7.55. The molecule has 28 heavy (non-hydrogen) atoms. The van der Waals surface area contributed by atoms with Crippen molar-refractivity contribution >= 4 is 35.8 Å². The van der Waals surface area contributed by atoms with Crippen LogP contribution in [0, 0.1) is 23.2 Å². The minimum absolute atomic E-state index is 0. The molecule has 7 heteroatoms. The molecule has 160 valence electrons. The minimum Gasteiger partial charge on any atom is -0.377 e. The summed E-state index contributed by atoms with van der Waals surface area (Å²) in [5, 5.41) is 7.41. The Kier molecular flexibility index (Phi) is 6.84. The van der Waals surface area contributed by atoms with Crippen molar-refractivity contribution in [1.82, 2.24) is 15.5 Å². The first-order valence-electron chi connectivity index (χ1n) is 10.8. The zero-order valence-corrected chi connectivity index (χ0v) is 20.1. The molecule has 6 atom stereocenters. The van der Waals surface area contributed by atoms with Crippen LogP contribution in [0.1, 0.15) is 52.4 Å². The molecule has 4 fully saturated rings. The van der Waals surface area contributed by atoms with Gasteiger partial charge in [-0.2, -0.15) is 0 Å². The highest BCUT2D eigenvalue weighted by atomic mass is 127. The summed E-state index contributed by atoms with van der Waals surface area (Å²) in [5.41, 5.74) is 0.0910. The first kappa shape index (κ1) is 22.1. The van der Waals surface area contributed by atoms with Gasteiger partial charge in [0.25, 0.3) is 0 Å². The van der Waals surface area contributed by atoms with E-state index in [1.165, 1.54) is 32.1 Å². The fraction of sp³-hybridized carbons (Fsp3) is 0.905. The van der Waals surface area contributed by atoms with Gasteiger partial charge in [-0.3, -0.25) is 4.79 Å². The highest BCUT2D eigenvalue weighted by Crippen LogP contribution is 2.51. The summed E-state index contributed by atoms with van der Waals surface area (Å²) in [7, 11) is 3.57. The number of carbonyl (C=O) groups excluding carboxylic acids is 1. The van der Waals surface area contributed by atoms with Crippen LogP contribution >= 0.6 is 24.0 Å². The van der Waals surface area contributed by atoms with Crippen molar-refractivity contribution in [2.45, 2.75) is 70.6 Å². The first-order valence-corrected chi connectivity index (χ1v) is 10.8. The van der Waals surface area contributed by atoms with E-state index in [0.29, 0.717) is 24.1 Å². The second-order valence-electron chi connectivity index (χ2n) is 9.92. The summed E-state index contributed by atoms with van der Waals surface area (Å²) < 4.78 is 6.05. The van der Waals surface area contributed by atoms with E-state index < -0.39 is 0 Å². The van der Waals surface area contributed by atoms with Gasteiger partial charge in [0.15, 0.2) is 5.96 Å². The van der Waals surface area contributed by atoms with Crippen LogP contribution in [-0.4, -0.2) is 62.2 Å². The standard InChI is InChI=1S/C21H36N4O2.HI/c1-21(2)18(15-6-5-9-27-19(15)21)24-20(22-12-17(26)25(3)4)23-16-11-13-7-8-14(16)10-13;/h13-16,18-19H,5-12H2,1-4H3,(H2,22,23,24);1H. The molecule has 3 aliphatic carbocycles. The van der Waals surface area contributed by atoms with Gasteiger partial charge in [-0.1, -0.05) is 20.3 Å². The number of likely N-dealkylation sites (N-methyl/N-ethyl adjacent to an activating group) is 1. The van der Waals surface area contributed by atoms with Gasteiger partial charge in [-0.25, -0.2) is 4.99 Å². The van der Waals surface area contributed by atoms with Crippen LogP contribution in [0.5, 0.6) is 0 Å². The Morgan fingerprint density at radius 3 is 2.61 bits per heavy atom. The molecule has 2 N–H and O–H groups in total. The van der Waals surface area contributed by atoms with Crippen molar-refractivity contribution in [3.8, 4) is 0 Å². The minimum atomic E-state index is 0. The molecule has 6 unspecified atom stereocenters. The van der Waals surface area contributed by atoms with Crippen LogP contribution in [-0.2, 0) is 9.53 Å². The summed E-state index contributed by atoms with van der Waals surface area (Å²) >= 11 is 0. The van der Waals surface area contributed by atoms with Crippen LogP contribution in [0.3, 0.4) is 0 Å². The maximum absolute atomic E-state index is 12.1. The number of hydrogen-bond acceptors (Lipinski definition) is 3. The molecule has 0 radical (unpaired) electrons. The summed E-state index contributed by atoms with van der Waals surface area (Å²) in [6.07, 6.45) is 8.02. The first-order chi connectivity index (χ1) is 12.9. The molecule has 0 aromatic carbocycles. The van der Waals surface area contributed by atoms with Crippen molar-refractivity contribution in [2.24, 2.45) is 28.2 Å². The monoisotopic (exact) mass is 504 g/mol. The number of hydrogen-bond donors (Lipinski definition) is 2. The number of halogens is 1. The lowest BCUT2D eigenvalue weighted by Gasteiger charge is -2.60. The quantitative estimate of drug-likeness (QED) is 0.351. The highest BCUT2D eigenvalue weighted by molar-refractivity contribution is 14.0. The molecule has 2 bridgehead atoms. The Morgan fingerprint density at radius 1 is 1.18 bits per heavy atom. The van der Waals surface area contributed by atoms with Crippen LogP contribution in [0.2, 0.25) is 0 Å². The highest BCUT2D eigenvalue weighted by Gasteiger charge is 2.58. The van der Waals surface area contributed by atoms with E-state index in [1.807, 2.05) is 0 Å². The number of fused-ring (bicyclic) bond motifs is 3. The smallest absolute Gasteiger partial charge is 0.243 e. The zero-order valence-electron chi connectivity index (χ0n) is 17.7. The van der Waals surface area contributed by atoms with E-state index >= 15 is 0 Å². The van der Waals surface area contributed by atoms with Crippen LogP contribution in [0.4, 0.5) is 0 Å². The molecule has 1 heterocycles. The van der Waals surface area contributed by atoms with Gasteiger partial charge in [-0.05, 0) is 43.9 Å².